The standard InChI is InChI=1S/C13H19N3O3/c1-9(17)15-10-5-6-12(19-2)11(8-10)16-13(18)4-3-7-14/h5-6,8H,3-4,7,14H2,1-2H3,(H,15,17)(H,16,18). The van der Waals surface area contributed by atoms with Crippen molar-refractivity contribution in [2.45, 2.75) is 19.8 Å². The van der Waals surface area contributed by atoms with Gasteiger partial charge < -0.3 is 21.1 Å². The van der Waals surface area contributed by atoms with Gasteiger partial charge in [-0.05, 0) is 31.2 Å². The van der Waals surface area contributed by atoms with E-state index in [1.54, 1.807) is 18.2 Å². The molecular formula is C13H19N3O3. The molecule has 0 radical (unpaired) electrons. The fraction of sp³-hybridized carbons (Fsp3) is 0.385. The van der Waals surface area contributed by atoms with Crippen LogP contribution in [0.15, 0.2) is 18.2 Å². The number of ether oxygens (including phenoxy) is 1. The monoisotopic (exact) mass is 265 g/mol. The summed E-state index contributed by atoms with van der Waals surface area (Å²) in [7, 11) is 1.52. The molecule has 0 fully saturated rings. The van der Waals surface area contributed by atoms with Crippen LogP contribution in [0.5, 0.6) is 5.75 Å². The van der Waals surface area contributed by atoms with Gasteiger partial charge in [0, 0.05) is 19.0 Å². The van der Waals surface area contributed by atoms with Crippen molar-refractivity contribution in [2.24, 2.45) is 5.73 Å². The number of carbonyl (C=O) groups excluding carboxylic acids is 2. The summed E-state index contributed by atoms with van der Waals surface area (Å²) < 4.78 is 5.16. The minimum atomic E-state index is -0.175. The lowest BCUT2D eigenvalue weighted by molar-refractivity contribution is -0.116. The molecule has 6 nitrogen and oxygen atoms in total. The maximum Gasteiger partial charge on any atom is 0.224 e. The molecule has 6 heteroatoms. The Morgan fingerprint density at radius 3 is 2.63 bits per heavy atom. The van der Waals surface area contributed by atoms with E-state index in [0.717, 1.165) is 0 Å². The molecule has 4 N–H and O–H groups in total. The number of hydrogen-bond donors (Lipinski definition) is 3. The molecule has 0 aliphatic carbocycles. The molecule has 104 valence electrons. The van der Waals surface area contributed by atoms with Crippen LogP contribution in [-0.4, -0.2) is 25.5 Å². The van der Waals surface area contributed by atoms with Crippen LogP contribution < -0.4 is 21.1 Å². The van der Waals surface area contributed by atoms with E-state index >= 15 is 0 Å². The van der Waals surface area contributed by atoms with E-state index in [-0.39, 0.29) is 11.8 Å². The first-order valence-corrected chi connectivity index (χ1v) is 6.02. The van der Waals surface area contributed by atoms with Gasteiger partial charge in [-0.15, -0.1) is 0 Å². The Kier molecular flexibility index (Phi) is 5.81. The minimum Gasteiger partial charge on any atom is -0.495 e. The van der Waals surface area contributed by atoms with E-state index in [1.165, 1.54) is 14.0 Å². The zero-order valence-corrected chi connectivity index (χ0v) is 11.2. The zero-order chi connectivity index (χ0) is 14.3. The molecule has 1 aromatic carbocycles. The predicted octanol–water partition coefficient (Wildman–Crippen LogP) is 1.33. The fourth-order valence-corrected chi connectivity index (χ4v) is 1.56. The number of carbonyl (C=O) groups is 2. The lowest BCUT2D eigenvalue weighted by atomic mass is 10.2. The van der Waals surface area contributed by atoms with Crippen molar-refractivity contribution in [1.29, 1.82) is 0 Å². The highest BCUT2D eigenvalue weighted by Gasteiger charge is 2.09. The molecule has 0 saturated carbocycles. The summed E-state index contributed by atoms with van der Waals surface area (Å²) in [6.07, 6.45) is 0.976. The highest BCUT2D eigenvalue weighted by molar-refractivity contribution is 5.94. The first kappa shape index (κ1) is 15.0. The topological polar surface area (TPSA) is 93.5 Å². The van der Waals surface area contributed by atoms with Crippen molar-refractivity contribution in [3.63, 3.8) is 0 Å². The molecule has 0 aromatic heterocycles. The summed E-state index contributed by atoms with van der Waals surface area (Å²) >= 11 is 0. The summed E-state index contributed by atoms with van der Waals surface area (Å²) in [4.78, 5) is 22.7. The van der Waals surface area contributed by atoms with E-state index in [1.807, 2.05) is 0 Å². The number of hydrogen-bond acceptors (Lipinski definition) is 4. The summed E-state index contributed by atoms with van der Waals surface area (Å²) in [6.45, 7) is 1.89. The Balaban J connectivity index is 2.83. The smallest absolute Gasteiger partial charge is 0.224 e. The second kappa shape index (κ2) is 7.38. The first-order valence-electron chi connectivity index (χ1n) is 6.02. The molecule has 0 spiro atoms. The third kappa shape index (κ3) is 4.97. The molecule has 0 unspecified atom stereocenters. The van der Waals surface area contributed by atoms with Crippen molar-refractivity contribution in [3.05, 3.63) is 18.2 Å². The average molecular weight is 265 g/mol. The van der Waals surface area contributed by atoms with Gasteiger partial charge in [0.1, 0.15) is 5.75 Å². The number of nitrogens with two attached hydrogens (primary N) is 1. The van der Waals surface area contributed by atoms with Gasteiger partial charge in [0.2, 0.25) is 11.8 Å². The average Bonchev–Trinajstić information content (AvgIpc) is 2.36. The molecule has 1 aromatic rings. The van der Waals surface area contributed by atoms with Gasteiger partial charge in [0.15, 0.2) is 0 Å². The van der Waals surface area contributed by atoms with Gasteiger partial charge in [-0.3, -0.25) is 9.59 Å². The third-order valence-electron chi connectivity index (χ3n) is 2.40. The van der Waals surface area contributed by atoms with Crippen LogP contribution in [0.25, 0.3) is 0 Å². The molecule has 0 atom stereocenters. The second-order valence-electron chi connectivity index (χ2n) is 4.04. The van der Waals surface area contributed by atoms with Crippen molar-refractivity contribution in [2.75, 3.05) is 24.3 Å². The lowest BCUT2D eigenvalue weighted by Crippen LogP contribution is -2.14. The normalized spacial score (nSPS) is 9.84. The van der Waals surface area contributed by atoms with E-state index in [9.17, 15) is 9.59 Å². The van der Waals surface area contributed by atoms with Crippen LogP contribution in [0.3, 0.4) is 0 Å². The molecule has 0 heterocycles. The summed E-state index contributed by atoms with van der Waals surface area (Å²) in [5, 5.41) is 5.39. The number of nitrogens with one attached hydrogen (secondary N) is 2. The van der Waals surface area contributed by atoms with Crippen LogP contribution in [-0.2, 0) is 9.59 Å². The number of methoxy groups -OCH3 is 1. The zero-order valence-electron chi connectivity index (χ0n) is 11.2. The largest absolute Gasteiger partial charge is 0.495 e. The van der Waals surface area contributed by atoms with Crippen LogP contribution in [0.1, 0.15) is 19.8 Å². The van der Waals surface area contributed by atoms with Crippen molar-refractivity contribution >= 4 is 23.2 Å². The molecule has 19 heavy (non-hydrogen) atoms. The number of benzene rings is 1. The van der Waals surface area contributed by atoms with Gasteiger partial charge >= 0.3 is 0 Å². The number of amides is 2. The Morgan fingerprint density at radius 1 is 1.32 bits per heavy atom. The van der Waals surface area contributed by atoms with Crippen molar-refractivity contribution < 1.29 is 14.3 Å². The fourth-order valence-electron chi connectivity index (χ4n) is 1.56. The quantitative estimate of drug-likeness (QED) is 0.723. The summed E-state index contributed by atoms with van der Waals surface area (Å²) in [5.74, 6) is 0.226. The molecule has 2 amide bonds. The molecule has 0 aliphatic rings. The van der Waals surface area contributed by atoms with Gasteiger partial charge in [-0.1, -0.05) is 0 Å². The maximum absolute atomic E-state index is 11.7. The van der Waals surface area contributed by atoms with Gasteiger partial charge in [-0.2, -0.15) is 0 Å². The Hall–Kier alpha value is -2.08. The van der Waals surface area contributed by atoms with E-state index in [4.69, 9.17) is 10.5 Å². The molecule has 0 saturated heterocycles. The summed E-state index contributed by atoms with van der Waals surface area (Å²) in [6, 6.07) is 5.04. The van der Waals surface area contributed by atoms with Crippen LogP contribution in [0, 0.1) is 0 Å². The van der Waals surface area contributed by atoms with Crippen LogP contribution in [0.4, 0.5) is 11.4 Å². The molecular weight excluding hydrogens is 246 g/mol. The lowest BCUT2D eigenvalue weighted by Gasteiger charge is -2.12. The Bertz CT molecular complexity index is 460. The highest BCUT2D eigenvalue weighted by Crippen LogP contribution is 2.28. The highest BCUT2D eigenvalue weighted by atomic mass is 16.5. The number of rotatable bonds is 6. The molecule has 1 rings (SSSR count). The second-order valence-corrected chi connectivity index (χ2v) is 4.04. The summed E-state index contributed by atoms with van der Waals surface area (Å²) in [5.41, 5.74) is 6.48. The Morgan fingerprint density at radius 2 is 2.05 bits per heavy atom. The Labute approximate surface area is 112 Å². The van der Waals surface area contributed by atoms with Crippen molar-refractivity contribution in [3.8, 4) is 5.75 Å². The number of anilines is 2. The maximum atomic E-state index is 11.7. The SMILES string of the molecule is COc1ccc(NC(C)=O)cc1NC(=O)CCCN. The third-order valence-corrected chi connectivity index (χ3v) is 2.40. The van der Waals surface area contributed by atoms with Gasteiger partial charge in [0.25, 0.3) is 0 Å². The van der Waals surface area contributed by atoms with Gasteiger partial charge in [0.05, 0.1) is 12.8 Å². The van der Waals surface area contributed by atoms with E-state index < -0.39 is 0 Å². The van der Waals surface area contributed by atoms with Crippen LogP contribution in [0.2, 0.25) is 0 Å². The molecule has 0 bridgehead atoms. The predicted molar refractivity (Wildman–Crippen MR) is 74.2 cm³/mol. The van der Waals surface area contributed by atoms with Crippen LogP contribution >= 0.6 is 0 Å². The van der Waals surface area contributed by atoms with E-state index in [2.05, 4.69) is 10.6 Å². The molecule has 0 aliphatic heterocycles. The minimum absolute atomic E-state index is 0.135. The van der Waals surface area contributed by atoms with Gasteiger partial charge in [-0.25, -0.2) is 0 Å². The van der Waals surface area contributed by atoms with Crippen molar-refractivity contribution in [1.82, 2.24) is 0 Å². The van der Waals surface area contributed by atoms with E-state index in [0.29, 0.717) is 36.5 Å². The first-order chi connectivity index (χ1) is 9.06.